The molecule has 1 aliphatic carbocycles. The lowest BCUT2D eigenvalue weighted by Gasteiger charge is -2.35. The van der Waals surface area contributed by atoms with E-state index in [0.717, 1.165) is 19.6 Å². The number of carbonyl (C=O) groups excluding carboxylic acids is 1. The molecule has 1 saturated heterocycles. The Bertz CT molecular complexity index is 259. The van der Waals surface area contributed by atoms with Gasteiger partial charge < -0.3 is 15.0 Å². The molecule has 1 atom stereocenters. The second-order valence-electron chi connectivity index (χ2n) is 5.37. The second-order valence-corrected chi connectivity index (χ2v) is 5.37. The highest BCUT2D eigenvalue weighted by Crippen LogP contribution is 2.27. The van der Waals surface area contributed by atoms with Crippen LogP contribution in [0.1, 0.15) is 39.0 Å². The zero-order chi connectivity index (χ0) is 12.8. The molecular formula is C14H26N2O2. The van der Waals surface area contributed by atoms with Crippen LogP contribution in [0.3, 0.4) is 0 Å². The number of morpholine rings is 1. The Hall–Kier alpha value is -0.610. The van der Waals surface area contributed by atoms with Crippen LogP contribution in [-0.4, -0.2) is 49.7 Å². The average Bonchev–Trinajstić information content (AvgIpc) is 2.46. The summed E-state index contributed by atoms with van der Waals surface area (Å²) >= 11 is 0. The van der Waals surface area contributed by atoms with Crippen LogP contribution < -0.4 is 5.32 Å². The lowest BCUT2D eigenvalue weighted by Crippen LogP contribution is -2.53. The Kier molecular flexibility index (Phi) is 5.45. The summed E-state index contributed by atoms with van der Waals surface area (Å²) in [6.45, 7) is 5.85. The van der Waals surface area contributed by atoms with Crippen LogP contribution in [0.25, 0.3) is 0 Å². The molecule has 0 radical (unpaired) electrons. The number of amides is 1. The molecule has 2 fully saturated rings. The smallest absolute Gasteiger partial charge is 0.240 e. The molecule has 18 heavy (non-hydrogen) atoms. The SMILES string of the molecule is CCN[C@H](C(=O)N1CCOCC1)C1CCCCC1. The maximum Gasteiger partial charge on any atom is 0.240 e. The van der Waals surface area contributed by atoms with Gasteiger partial charge in [-0.1, -0.05) is 26.2 Å². The van der Waals surface area contributed by atoms with E-state index >= 15 is 0 Å². The Balaban J connectivity index is 1.96. The lowest BCUT2D eigenvalue weighted by molar-refractivity contribution is -0.139. The number of hydrogen-bond acceptors (Lipinski definition) is 3. The minimum absolute atomic E-state index is 0.0356. The lowest BCUT2D eigenvalue weighted by atomic mass is 9.83. The molecule has 1 aliphatic heterocycles. The first-order valence-corrected chi connectivity index (χ1v) is 7.43. The predicted molar refractivity (Wildman–Crippen MR) is 71.4 cm³/mol. The third kappa shape index (κ3) is 3.45. The van der Waals surface area contributed by atoms with Gasteiger partial charge in [0, 0.05) is 13.1 Å². The van der Waals surface area contributed by atoms with Gasteiger partial charge in [0.15, 0.2) is 0 Å². The van der Waals surface area contributed by atoms with Crippen LogP contribution in [-0.2, 0) is 9.53 Å². The third-order valence-electron chi connectivity index (χ3n) is 4.13. The molecule has 0 bridgehead atoms. The number of carbonyl (C=O) groups is 1. The van der Waals surface area contributed by atoms with Gasteiger partial charge in [-0.25, -0.2) is 0 Å². The maximum absolute atomic E-state index is 12.6. The van der Waals surface area contributed by atoms with Gasteiger partial charge in [-0.05, 0) is 25.3 Å². The molecule has 1 amide bonds. The van der Waals surface area contributed by atoms with Crippen molar-refractivity contribution in [3.8, 4) is 0 Å². The van der Waals surface area contributed by atoms with Crippen LogP contribution >= 0.6 is 0 Å². The van der Waals surface area contributed by atoms with E-state index in [9.17, 15) is 4.79 Å². The van der Waals surface area contributed by atoms with Gasteiger partial charge in [-0.15, -0.1) is 0 Å². The minimum atomic E-state index is 0.0356. The highest BCUT2D eigenvalue weighted by molar-refractivity contribution is 5.82. The standard InChI is InChI=1S/C14H26N2O2/c1-2-15-13(12-6-4-3-5-7-12)14(17)16-8-10-18-11-9-16/h12-13,15H,2-11H2,1H3/t13-/m0/s1. The van der Waals surface area contributed by atoms with E-state index in [0.29, 0.717) is 25.0 Å². The Morgan fingerprint density at radius 3 is 2.56 bits per heavy atom. The molecule has 0 aromatic heterocycles. The molecule has 4 heteroatoms. The van der Waals surface area contributed by atoms with E-state index in [4.69, 9.17) is 4.74 Å². The van der Waals surface area contributed by atoms with Gasteiger partial charge >= 0.3 is 0 Å². The molecule has 1 N–H and O–H groups in total. The molecule has 2 aliphatic rings. The summed E-state index contributed by atoms with van der Waals surface area (Å²) in [6, 6.07) is 0.0356. The number of nitrogens with one attached hydrogen (secondary N) is 1. The second kappa shape index (κ2) is 7.10. The van der Waals surface area contributed by atoms with Crippen molar-refractivity contribution in [1.29, 1.82) is 0 Å². The number of nitrogens with zero attached hydrogens (tertiary/aromatic N) is 1. The summed E-state index contributed by atoms with van der Waals surface area (Å²) in [5.74, 6) is 0.834. The number of ether oxygens (including phenoxy) is 1. The fourth-order valence-corrected chi connectivity index (χ4v) is 3.12. The first-order valence-electron chi connectivity index (χ1n) is 7.43. The van der Waals surface area contributed by atoms with Crippen molar-refractivity contribution in [3.63, 3.8) is 0 Å². The summed E-state index contributed by atoms with van der Waals surface area (Å²) in [5, 5.41) is 3.42. The fourth-order valence-electron chi connectivity index (χ4n) is 3.12. The van der Waals surface area contributed by atoms with Crippen LogP contribution in [0.5, 0.6) is 0 Å². The fraction of sp³-hybridized carbons (Fsp3) is 0.929. The van der Waals surface area contributed by atoms with Crippen LogP contribution in [0.4, 0.5) is 0 Å². The molecule has 4 nitrogen and oxygen atoms in total. The predicted octanol–water partition coefficient (Wildman–Crippen LogP) is 1.40. The zero-order valence-electron chi connectivity index (χ0n) is 11.5. The van der Waals surface area contributed by atoms with Crippen molar-refractivity contribution in [3.05, 3.63) is 0 Å². The third-order valence-corrected chi connectivity index (χ3v) is 4.13. The van der Waals surface area contributed by atoms with Gasteiger partial charge in [0.05, 0.1) is 19.3 Å². The van der Waals surface area contributed by atoms with E-state index in [1.807, 2.05) is 4.90 Å². The molecule has 0 aromatic carbocycles. The van der Waals surface area contributed by atoms with Crippen LogP contribution in [0.15, 0.2) is 0 Å². The zero-order valence-corrected chi connectivity index (χ0v) is 11.5. The van der Waals surface area contributed by atoms with Crippen molar-refractivity contribution in [1.82, 2.24) is 10.2 Å². The van der Waals surface area contributed by atoms with Crippen LogP contribution in [0, 0.1) is 5.92 Å². The average molecular weight is 254 g/mol. The highest BCUT2D eigenvalue weighted by Gasteiger charge is 2.32. The maximum atomic E-state index is 12.6. The van der Waals surface area contributed by atoms with Crippen molar-refractivity contribution < 1.29 is 9.53 Å². The summed E-state index contributed by atoms with van der Waals surface area (Å²) in [7, 11) is 0. The largest absolute Gasteiger partial charge is 0.378 e. The summed E-state index contributed by atoms with van der Waals surface area (Å²) < 4.78 is 5.32. The normalized spacial score (nSPS) is 23.9. The van der Waals surface area contributed by atoms with Gasteiger partial charge in [-0.3, -0.25) is 4.79 Å². The van der Waals surface area contributed by atoms with E-state index in [1.54, 1.807) is 0 Å². The van der Waals surface area contributed by atoms with E-state index in [1.165, 1.54) is 32.1 Å². The number of hydrogen-bond donors (Lipinski definition) is 1. The molecular weight excluding hydrogens is 228 g/mol. The number of rotatable bonds is 4. The molecule has 0 aromatic rings. The monoisotopic (exact) mass is 254 g/mol. The molecule has 2 rings (SSSR count). The Morgan fingerprint density at radius 1 is 1.28 bits per heavy atom. The topological polar surface area (TPSA) is 41.6 Å². The molecule has 0 spiro atoms. The number of likely N-dealkylation sites (N-methyl/N-ethyl adjacent to an activating group) is 1. The Labute approximate surface area is 110 Å². The molecule has 0 unspecified atom stereocenters. The van der Waals surface area contributed by atoms with E-state index in [2.05, 4.69) is 12.2 Å². The molecule has 1 heterocycles. The highest BCUT2D eigenvalue weighted by atomic mass is 16.5. The van der Waals surface area contributed by atoms with E-state index < -0.39 is 0 Å². The van der Waals surface area contributed by atoms with Gasteiger partial charge in [0.25, 0.3) is 0 Å². The van der Waals surface area contributed by atoms with Crippen molar-refractivity contribution >= 4 is 5.91 Å². The summed E-state index contributed by atoms with van der Waals surface area (Å²) in [6.07, 6.45) is 6.30. The first-order chi connectivity index (χ1) is 8.83. The van der Waals surface area contributed by atoms with Gasteiger partial charge in [0.1, 0.15) is 0 Å². The minimum Gasteiger partial charge on any atom is -0.378 e. The van der Waals surface area contributed by atoms with Crippen molar-refractivity contribution in [2.24, 2.45) is 5.92 Å². The molecule has 1 saturated carbocycles. The van der Waals surface area contributed by atoms with Crippen molar-refractivity contribution in [2.75, 3.05) is 32.8 Å². The quantitative estimate of drug-likeness (QED) is 0.824. The van der Waals surface area contributed by atoms with Crippen LogP contribution in [0.2, 0.25) is 0 Å². The van der Waals surface area contributed by atoms with Gasteiger partial charge in [0.2, 0.25) is 5.91 Å². The first kappa shape index (κ1) is 13.8. The summed E-state index contributed by atoms with van der Waals surface area (Å²) in [5.41, 5.74) is 0. The summed E-state index contributed by atoms with van der Waals surface area (Å²) in [4.78, 5) is 14.6. The van der Waals surface area contributed by atoms with Gasteiger partial charge in [-0.2, -0.15) is 0 Å². The van der Waals surface area contributed by atoms with E-state index in [-0.39, 0.29) is 6.04 Å². The molecule has 104 valence electrons. The Morgan fingerprint density at radius 2 is 1.94 bits per heavy atom. The van der Waals surface area contributed by atoms with Crippen molar-refractivity contribution in [2.45, 2.75) is 45.1 Å².